The Morgan fingerprint density at radius 2 is 2.25 bits per heavy atom. The summed E-state index contributed by atoms with van der Waals surface area (Å²) >= 11 is 0. The van der Waals surface area contributed by atoms with Crippen LogP contribution in [-0.4, -0.2) is 30.1 Å². The summed E-state index contributed by atoms with van der Waals surface area (Å²) in [7, 11) is 0. The van der Waals surface area contributed by atoms with Gasteiger partial charge in [-0.2, -0.15) is 0 Å². The zero-order valence-corrected chi connectivity index (χ0v) is 6.59. The van der Waals surface area contributed by atoms with Crippen LogP contribution in [0, 0.1) is 0 Å². The van der Waals surface area contributed by atoms with E-state index in [2.05, 4.69) is 0 Å². The molecule has 4 heteroatoms. The molecule has 0 saturated carbocycles. The van der Waals surface area contributed by atoms with E-state index < -0.39 is 30.9 Å². The van der Waals surface area contributed by atoms with Crippen molar-refractivity contribution in [3.8, 4) is 0 Å². The Balaban J connectivity index is 3.21. The number of rotatable bonds is 4. The lowest BCUT2D eigenvalue weighted by molar-refractivity contribution is -0.150. The van der Waals surface area contributed by atoms with E-state index >= 15 is 0 Å². The number of carboxylic acid groups (broad SMARTS) is 1. The molecule has 1 rings (SSSR count). The second-order valence-corrected chi connectivity index (χ2v) is 2.32. The average molecular weight is 180 g/mol. The normalized spacial score (nSPS) is 32.1. The second-order valence-electron chi connectivity index (χ2n) is 2.32. The van der Waals surface area contributed by atoms with Gasteiger partial charge in [-0.05, 0) is 13.3 Å². The molecule has 0 spiro atoms. The van der Waals surface area contributed by atoms with Gasteiger partial charge < -0.3 is 14.6 Å². The maximum absolute atomic E-state index is 10.8. The van der Waals surface area contributed by atoms with Crippen LogP contribution < -0.4 is 0 Å². The molecule has 0 aromatic carbocycles. The highest BCUT2D eigenvalue weighted by atomic mass is 16.7. The smallest absolute Gasteiger partial charge is 0.303 e. The molecule has 0 radical (unpaired) electrons. The fourth-order valence-corrected chi connectivity index (χ4v) is 0.785. The summed E-state index contributed by atoms with van der Waals surface area (Å²) < 4.78 is 54.9. The summed E-state index contributed by atoms with van der Waals surface area (Å²) in [5.41, 5.74) is 0. The van der Waals surface area contributed by atoms with Gasteiger partial charge in [0.15, 0.2) is 5.79 Å². The molecule has 1 heterocycles. The van der Waals surface area contributed by atoms with Crippen molar-refractivity contribution in [2.45, 2.75) is 31.8 Å². The molecule has 0 aromatic rings. The summed E-state index contributed by atoms with van der Waals surface area (Å²) in [5, 5.41) is 8.70. The summed E-state index contributed by atoms with van der Waals surface area (Å²) in [5.74, 6) is -4.11. The first kappa shape index (κ1) is 4.07. The van der Waals surface area contributed by atoms with Gasteiger partial charge in [-0.1, -0.05) is 0 Å². The van der Waals surface area contributed by atoms with Crippen LogP contribution in [0.1, 0.15) is 34.3 Å². The van der Waals surface area contributed by atoms with Crippen LogP contribution in [0.5, 0.6) is 0 Å². The number of aliphatic carboxylic acids is 1. The van der Waals surface area contributed by atoms with Crippen molar-refractivity contribution in [2.24, 2.45) is 0 Å². The Morgan fingerprint density at radius 1 is 1.67 bits per heavy atom. The fraction of sp³-hybridized carbons (Fsp3) is 0.875. The van der Waals surface area contributed by atoms with Gasteiger partial charge >= 0.3 is 5.97 Å². The van der Waals surface area contributed by atoms with E-state index in [4.69, 9.17) is 22.8 Å². The SMILES string of the molecule is [2H]C([2H])(C(=O)O)C([2H])([2H])C([2H])([2H])C1(C)OCCO1. The molecule has 12 heavy (non-hydrogen) atoms. The molecule has 0 atom stereocenters. The standard InChI is InChI=1S/C8H14O4/c1-8(11-5-6-12-8)4-2-3-7(9)10/h2-6H2,1H3,(H,9,10)/i2D2,3D2,4D2. The van der Waals surface area contributed by atoms with E-state index in [-0.39, 0.29) is 13.2 Å². The molecule has 4 nitrogen and oxygen atoms in total. The number of hydrogen-bond donors (Lipinski definition) is 1. The third kappa shape index (κ3) is 2.79. The number of ether oxygens (including phenoxy) is 2. The van der Waals surface area contributed by atoms with Crippen LogP contribution in [0.25, 0.3) is 0 Å². The minimum Gasteiger partial charge on any atom is -0.481 e. The highest BCUT2D eigenvalue weighted by Gasteiger charge is 2.30. The van der Waals surface area contributed by atoms with Crippen LogP contribution in [0.3, 0.4) is 0 Å². The largest absolute Gasteiger partial charge is 0.481 e. The lowest BCUT2D eigenvalue weighted by Gasteiger charge is -2.21. The van der Waals surface area contributed by atoms with Crippen LogP contribution in [0.4, 0.5) is 0 Å². The van der Waals surface area contributed by atoms with Gasteiger partial charge in [-0.25, -0.2) is 0 Å². The molecule has 0 aliphatic carbocycles. The molecule has 0 aromatic heterocycles. The molecule has 0 unspecified atom stereocenters. The lowest BCUT2D eigenvalue weighted by Crippen LogP contribution is -2.25. The van der Waals surface area contributed by atoms with E-state index in [0.717, 1.165) is 6.92 Å². The zero-order valence-electron chi connectivity index (χ0n) is 12.6. The molecule has 1 saturated heterocycles. The molecule has 0 bridgehead atoms. The van der Waals surface area contributed by atoms with Gasteiger partial charge in [0, 0.05) is 21.0 Å². The Bertz CT molecular complexity index is 349. The Morgan fingerprint density at radius 3 is 2.75 bits per heavy atom. The lowest BCUT2D eigenvalue weighted by atomic mass is 10.1. The first-order chi connectivity index (χ1) is 7.90. The van der Waals surface area contributed by atoms with Crippen LogP contribution >= 0.6 is 0 Å². The Hall–Kier alpha value is -0.610. The summed E-state index contributed by atoms with van der Waals surface area (Å²) in [6.45, 7) is 1.18. The minimum atomic E-state index is -3.42. The van der Waals surface area contributed by atoms with Crippen molar-refractivity contribution in [3.63, 3.8) is 0 Å². The maximum Gasteiger partial charge on any atom is 0.303 e. The number of hydrogen-bond acceptors (Lipinski definition) is 3. The van der Waals surface area contributed by atoms with E-state index in [1.165, 1.54) is 0 Å². The predicted octanol–water partition coefficient (Wildman–Crippen LogP) is 1.00. The third-order valence-electron chi connectivity index (χ3n) is 1.30. The maximum atomic E-state index is 10.8. The van der Waals surface area contributed by atoms with Crippen molar-refractivity contribution >= 4 is 5.97 Å². The fourth-order valence-electron chi connectivity index (χ4n) is 0.785. The third-order valence-corrected chi connectivity index (χ3v) is 1.30. The highest BCUT2D eigenvalue weighted by Crippen LogP contribution is 2.24. The van der Waals surface area contributed by atoms with Crippen molar-refractivity contribution in [1.82, 2.24) is 0 Å². The van der Waals surface area contributed by atoms with Gasteiger partial charge in [0.25, 0.3) is 0 Å². The molecule has 1 fully saturated rings. The van der Waals surface area contributed by atoms with Crippen molar-refractivity contribution in [2.75, 3.05) is 13.2 Å². The molecule has 1 N–H and O–H groups in total. The predicted molar refractivity (Wildman–Crippen MR) is 41.8 cm³/mol. The van der Waals surface area contributed by atoms with Crippen molar-refractivity contribution in [1.29, 1.82) is 0 Å². The minimum absolute atomic E-state index is 0.0299. The van der Waals surface area contributed by atoms with Gasteiger partial charge in [-0.15, -0.1) is 0 Å². The summed E-state index contributed by atoms with van der Waals surface area (Å²) in [4.78, 5) is 10.8. The van der Waals surface area contributed by atoms with Crippen molar-refractivity contribution < 1.29 is 27.6 Å². The zero-order chi connectivity index (χ0) is 14.4. The number of carboxylic acids is 1. The van der Waals surface area contributed by atoms with Crippen LogP contribution in [-0.2, 0) is 14.3 Å². The molecular formula is C8H14O4. The average Bonchev–Trinajstić information content (AvgIpc) is 2.65. The van der Waals surface area contributed by atoms with E-state index in [9.17, 15) is 4.79 Å². The van der Waals surface area contributed by atoms with Gasteiger partial charge in [0.1, 0.15) is 0 Å². The summed E-state index contributed by atoms with van der Waals surface area (Å²) in [6.07, 6.45) is -9.75. The number of carbonyl (C=O) groups is 1. The van der Waals surface area contributed by atoms with Gasteiger partial charge in [0.05, 0.1) is 13.2 Å². The van der Waals surface area contributed by atoms with E-state index in [1.54, 1.807) is 0 Å². The van der Waals surface area contributed by atoms with Gasteiger partial charge in [0.2, 0.25) is 0 Å². The quantitative estimate of drug-likeness (QED) is 0.701. The van der Waals surface area contributed by atoms with Crippen LogP contribution in [0.2, 0.25) is 0 Å². The second kappa shape index (κ2) is 3.87. The monoisotopic (exact) mass is 180 g/mol. The van der Waals surface area contributed by atoms with Crippen LogP contribution in [0.15, 0.2) is 0 Å². The summed E-state index contributed by atoms with van der Waals surface area (Å²) in [6, 6.07) is 0. The van der Waals surface area contributed by atoms with E-state index in [1.807, 2.05) is 0 Å². The molecule has 1 aliphatic rings. The molecule has 1 aliphatic heterocycles. The van der Waals surface area contributed by atoms with Gasteiger partial charge in [-0.3, -0.25) is 4.79 Å². The molecular weight excluding hydrogens is 160 g/mol. The van der Waals surface area contributed by atoms with Crippen molar-refractivity contribution in [3.05, 3.63) is 0 Å². The Labute approximate surface area is 79.9 Å². The Kier molecular flexibility index (Phi) is 1.31. The first-order valence-electron chi connectivity index (χ1n) is 6.41. The van der Waals surface area contributed by atoms with E-state index in [0.29, 0.717) is 0 Å². The topological polar surface area (TPSA) is 55.8 Å². The molecule has 0 amide bonds. The highest BCUT2D eigenvalue weighted by molar-refractivity contribution is 5.66. The molecule has 70 valence electrons. The first-order valence-corrected chi connectivity index (χ1v) is 3.41.